The molecule has 0 aliphatic carbocycles. The van der Waals surface area contributed by atoms with Gasteiger partial charge in [-0.3, -0.25) is 0 Å². The number of aliphatic imine (C=N–C) groups is 1. The van der Waals surface area contributed by atoms with Crippen LogP contribution in [0.15, 0.2) is 23.2 Å². The molecule has 1 aliphatic heterocycles. The minimum absolute atomic E-state index is 0.0674. The number of fused-ring (bicyclic) bond motifs is 1. The van der Waals surface area contributed by atoms with Crippen LogP contribution in [0.3, 0.4) is 0 Å². The summed E-state index contributed by atoms with van der Waals surface area (Å²) in [5, 5.41) is 0. The highest BCUT2D eigenvalue weighted by Crippen LogP contribution is 2.38. The number of nitrogens with zero attached hydrogens (tertiary/aromatic N) is 1. The number of hydrogen-bond acceptors (Lipinski definition) is 4. The Balaban J connectivity index is 2.48. The molecule has 1 heterocycles. The molecule has 1 unspecified atom stereocenters. The van der Waals surface area contributed by atoms with E-state index in [1.165, 1.54) is 5.56 Å². The van der Waals surface area contributed by atoms with Gasteiger partial charge in [-0.15, -0.1) is 0 Å². The molecule has 0 radical (unpaired) electrons. The minimum atomic E-state index is -1.08. The first-order chi connectivity index (χ1) is 9.34. The van der Waals surface area contributed by atoms with Crippen LogP contribution in [-0.2, 0) is 20.8 Å². The summed E-state index contributed by atoms with van der Waals surface area (Å²) in [5.74, 6) is -0.602. The van der Waals surface area contributed by atoms with Crippen molar-refractivity contribution in [2.24, 2.45) is 10.7 Å². The summed E-state index contributed by atoms with van der Waals surface area (Å²) < 4.78 is 11.4. The number of hydrogen-bond donors (Lipinski definition) is 1. The second kappa shape index (κ2) is 5.19. The van der Waals surface area contributed by atoms with Gasteiger partial charge in [0, 0.05) is 18.2 Å². The van der Waals surface area contributed by atoms with Gasteiger partial charge >= 0.3 is 0 Å². The minimum Gasteiger partial charge on any atom is -0.383 e. The van der Waals surface area contributed by atoms with Crippen molar-refractivity contribution in [3.05, 3.63) is 34.9 Å². The highest BCUT2D eigenvalue weighted by atomic mass is 16.7. The molecule has 0 fully saturated rings. The van der Waals surface area contributed by atoms with Crippen molar-refractivity contribution in [2.45, 2.75) is 45.4 Å². The summed E-state index contributed by atoms with van der Waals surface area (Å²) in [6.07, 6.45) is 0.899. The molecule has 2 rings (SSSR count). The maximum Gasteiger partial charge on any atom is 0.300 e. The summed E-state index contributed by atoms with van der Waals surface area (Å²) >= 11 is 0. The summed E-state index contributed by atoms with van der Waals surface area (Å²) in [6.45, 7) is 9.15. The lowest BCUT2D eigenvalue weighted by atomic mass is 9.85. The normalized spacial score (nSPS) is 21.8. The number of nitrogens with two attached hydrogens (primary N) is 1. The lowest BCUT2D eigenvalue weighted by molar-refractivity contribution is -0.223. The quantitative estimate of drug-likeness (QED) is 0.860. The van der Waals surface area contributed by atoms with E-state index in [4.69, 9.17) is 15.2 Å². The molecule has 4 nitrogen and oxygen atoms in total. The van der Waals surface area contributed by atoms with E-state index in [0.29, 0.717) is 12.4 Å². The first kappa shape index (κ1) is 15.0. The number of rotatable bonds is 4. The number of amidine groups is 1. The molecule has 1 aliphatic rings. The van der Waals surface area contributed by atoms with Crippen LogP contribution in [0.2, 0.25) is 0 Å². The summed E-state index contributed by atoms with van der Waals surface area (Å²) in [5.41, 5.74) is 9.16. The van der Waals surface area contributed by atoms with Crippen LogP contribution in [0, 0.1) is 0 Å². The van der Waals surface area contributed by atoms with E-state index in [2.05, 4.69) is 44.8 Å². The molecule has 0 amide bonds. The molecule has 1 atom stereocenters. The largest absolute Gasteiger partial charge is 0.383 e. The molecule has 0 saturated carbocycles. The monoisotopic (exact) mass is 276 g/mol. The molecule has 0 aromatic heterocycles. The zero-order valence-electron chi connectivity index (χ0n) is 13.0. The van der Waals surface area contributed by atoms with Gasteiger partial charge in [-0.2, -0.15) is 0 Å². The molecule has 0 bridgehead atoms. The Bertz CT molecular complexity index is 532. The topological polar surface area (TPSA) is 56.8 Å². The predicted octanol–water partition coefficient (Wildman–Crippen LogP) is 2.89. The van der Waals surface area contributed by atoms with Crippen molar-refractivity contribution in [3.8, 4) is 0 Å². The molecule has 0 saturated heterocycles. The van der Waals surface area contributed by atoms with Crippen LogP contribution in [0.4, 0.5) is 0 Å². The molecule has 1 aromatic carbocycles. The van der Waals surface area contributed by atoms with E-state index in [1.807, 2.05) is 6.07 Å². The fraction of sp³-hybridized carbons (Fsp3) is 0.562. The number of benzene rings is 1. The van der Waals surface area contributed by atoms with Crippen LogP contribution in [0.25, 0.3) is 0 Å². The van der Waals surface area contributed by atoms with E-state index < -0.39 is 5.91 Å². The Kier molecular flexibility index (Phi) is 3.89. The highest BCUT2D eigenvalue weighted by molar-refractivity contribution is 6.01. The third-order valence-corrected chi connectivity index (χ3v) is 3.55. The summed E-state index contributed by atoms with van der Waals surface area (Å²) in [6, 6.07) is 6.19. The molecular formula is C16H24N2O2. The van der Waals surface area contributed by atoms with Gasteiger partial charge < -0.3 is 15.2 Å². The van der Waals surface area contributed by atoms with E-state index in [-0.39, 0.29) is 5.41 Å². The lowest BCUT2D eigenvalue weighted by Crippen LogP contribution is -2.28. The van der Waals surface area contributed by atoms with Crippen LogP contribution in [-0.4, -0.2) is 19.6 Å². The molecule has 1 aromatic rings. The van der Waals surface area contributed by atoms with E-state index in [0.717, 1.165) is 17.5 Å². The number of ether oxygens (including phenoxy) is 2. The molecule has 4 heteroatoms. The summed E-state index contributed by atoms with van der Waals surface area (Å²) in [7, 11) is 1.60. The average molecular weight is 276 g/mol. The van der Waals surface area contributed by atoms with Gasteiger partial charge in [-0.05, 0) is 23.5 Å². The van der Waals surface area contributed by atoms with E-state index >= 15 is 0 Å². The second-order valence-electron chi connectivity index (χ2n) is 6.14. The Morgan fingerprint density at radius 2 is 2.00 bits per heavy atom. The standard InChI is InChI=1S/C16H24N2O2/c1-6-9-20-16(19-5)13-8-7-11(15(2,3)4)10-12(13)14(17)18-16/h7-8,10H,6,9H2,1-5H3,(H2,17,18). The maximum atomic E-state index is 6.07. The van der Waals surface area contributed by atoms with Gasteiger partial charge in [0.2, 0.25) is 0 Å². The molecular weight excluding hydrogens is 252 g/mol. The fourth-order valence-corrected chi connectivity index (χ4v) is 2.34. The first-order valence-electron chi connectivity index (χ1n) is 7.04. The Morgan fingerprint density at radius 1 is 1.30 bits per heavy atom. The fourth-order valence-electron chi connectivity index (χ4n) is 2.34. The average Bonchev–Trinajstić information content (AvgIpc) is 2.69. The zero-order chi connectivity index (χ0) is 15.0. The van der Waals surface area contributed by atoms with Crippen molar-refractivity contribution in [1.29, 1.82) is 0 Å². The Hall–Kier alpha value is -1.39. The van der Waals surface area contributed by atoms with Crippen molar-refractivity contribution in [3.63, 3.8) is 0 Å². The lowest BCUT2D eigenvalue weighted by Gasteiger charge is -2.26. The van der Waals surface area contributed by atoms with Crippen LogP contribution in [0.5, 0.6) is 0 Å². The van der Waals surface area contributed by atoms with Crippen molar-refractivity contribution < 1.29 is 9.47 Å². The van der Waals surface area contributed by atoms with Crippen molar-refractivity contribution in [1.82, 2.24) is 0 Å². The molecule has 20 heavy (non-hydrogen) atoms. The number of methoxy groups -OCH3 is 1. The predicted molar refractivity (Wildman–Crippen MR) is 80.8 cm³/mol. The van der Waals surface area contributed by atoms with Crippen LogP contribution < -0.4 is 5.73 Å². The van der Waals surface area contributed by atoms with Gasteiger partial charge in [0.05, 0.1) is 6.61 Å². The zero-order valence-corrected chi connectivity index (χ0v) is 13.0. The smallest absolute Gasteiger partial charge is 0.300 e. The van der Waals surface area contributed by atoms with Crippen molar-refractivity contribution in [2.75, 3.05) is 13.7 Å². The van der Waals surface area contributed by atoms with Gasteiger partial charge in [0.25, 0.3) is 5.91 Å². The first-order valence-corrected chi connectivity index (χ1v) is 7.04. The molecule has 0 spiro atoms. The van der Waals surface area contributed by atoms with Crippen LogP contribution in [0.1, 0.15) is 50.8 Å². The Labute approximate surface area is 121 Å². The van der Waals surface area contributed by atoms with Gasteiger partial charge in [0.15, 0.2) is 0 Å². The van der Waals surface area contributed by atoms with Crippen LogP contribution >= 0.6 is 0 Å². The Morgan fingerprint density at radius 3 is 2.55 bits per heavy atom. The maximum absolute atomic E-state index is 6.07. The highest BCUT2D eigenvalue weighted by Gasteiger charge is 2.41. The third kappa shape index (κ3) is 2.45. The van der Waals surface area contributed by atoms with Gasteiger partial charge in [-0.25, -0.2) is 4.99 Å². The van der Waals surface area contributed by atoms with E-state index in [9.17, 15) is 0 Å². The second-order valence-corrected chi connectivity index (χ2v) is 6.14. The van der Waals surface area contributed by atoms with Crippen molar-refractivity contribution >= 4 is 5.84 Å². The van der Waals surface area contributed by atoms with Gasteiger partial charge in [0.1, 0.15) is 5.84 Å². The van der Waals surface area contributed by atoms with E-state index in [1.54, 1.807) is 7.11 Å². The third-order valence-electron chi connectivity index (χ3n) is 3.55. The van der Waals surface area contributed by atoms with Gasteiger partial charge in [-0.1, -0.05) is 39.8 Å². The SMILES string of the molecule is CCCOC1(OC)N=C(N)c2cc(C(C)(C)C)ccc21. The summed E-state index contributed by atoms with van der Waals surface area (Å²) in [4.78, 5) is 4.42. The molecule has 2 N–H and O–H groups in total. The molecule has 110 valence electrons.